The predicted molar refractivity (Wildman–Crippen MR) is 91.1 cm³/mol. The fourth-order valence-corrected chi connectivity index (χ4v) is 4.49. The Hall–Kier alpha value is -1.26. The molecule has 0 aliphatic carbocycles. The van der Waals surface area contributed by atoms with Gasteiger partial charge in [-0.05, 0) is 12.6 Å². The van der Waals surface area contributed by atoms with Crippen LogP contribution in [0.2, 0.25) is 0 Å². The van der Waals surface area contributed by atoms with Gasteiger partial charge >= 0.3 is 0 Å². The van der Waals surface area contributed by atoms with Gasteiger partial charge in [-0.1, -0.05) is 25.1 Å². The van der Waals surface area contributed by atoms with Gasteiger partial charge in [-0.2, -0.15) is 11.8 Å². The van der Waals surface area contributed by atoms with Gasteiger partial charge in [0.15, 0.2) is 0 Å². The number of hydrogen-bond acceptors (Lipinski definition) is 4. The predicted octanol–water partition coefficient (Wildman–Crippen LogP) is 3.12. The van der Waals surface area contributed by atoms with Gasteiger partial charge in [0.1, 0.15) is 0 Å². The molecule has 1 aromatic carbocycles. The van der Waals surface area contributed by atoms with Gasteiger partial charge in [0, 0.05) is 48.6 Å². The lowest BCUT2D eigenvalue weighted by Gasteiger charge is -2.37. The van der Waals surface area contributed by atoms with Crippen LogP contribution in [-0.2, 0) is 11.5 Å². The Morgan fingerprint density at radius 3 is 2.71 bits per heavy atom. The van der Waals surface area contributed by atoms with Gasteiger partial charge in [0.25, 0.3) is 0 Å². The molecule has 3 nitrogen and oxygen atoms in total. The molecule has 2 aromatic rings. The normalized spacial score (nSPS) is 19.2. The van der Waals surface area contributed by atoms with Gasteiger partial charge in [-0.15, -0.1) is 0 Å². The summed E-state index contributed by atoms with van der Waals surface area (Å²) < 4.78 is 0. The molecule has 0 atom stereocenters. The van der Waals surface area contributed by atoms with E-state index in [-0.39, 0.29) is 0 Å². The Bertz CT molecular complexity index is 662. The minimum absolute atomic E-state index is 1.07. The Kier molecular flexibility index (Phi) is 3.51. The monoisotopic (exact) mass is 299 g/mol. The maximum absolute atomic E-state index is 4.88. The number of hydrogen-bond donors (Lipinski definition) is 0. The molecule has 0 saturated carbocycles. The Balaban J connectivity index is 1.80. The van der Waals surface area contributed by atoms with Crippen molar-refractivity contribution in [1.82, 2.24) is 9.88 Å². The minimum atomic E-state index is 1.07. The first-order valence-electron chi connectivity index (χ1n) is 7.82. The fraction of sp³-hybridized carbons (Fsp3) is 0.471. The van der Waals surface area contributed by atoms with Crippen LogP contribution in [0.3, 0.4) is 0 Å². The Morgan fingerprint density at radius 1 is 1.10 bits per heavy atom. The highest BCUT2D eigenvalue weighted by Gasteiger charge is 2.25. The number of rotatable bonds is 2. The van der Waals surface area contributed by atoms with E-state index in [4.69, 9.17) is 4.98 Å². The molecule has 0 spiro atoms. The molecule has 2 aliphatic heterocycles. The van der Waals surface area contributed by atoms with Crippen LogP contribution in [0, 0.1) is 0 Å². The number of para-hydroxylation sites is 1. The summed E-state index contributed by atoms with van der Waals surface area (Å²) in [5, 5.41) is 1.34. The summed E-state index contributed by atoms with van der Waals surface area (Å²) in [7, 11) is 0. The Labute approximate surface area is 130 Å². The second-order valence-corrected chi connectivity index (χ2v) is 6.80. The molecule has 0 amide bonds. The number of pyridine rings is 1. The number of anilines is 1. The van der Waals surface area contributed by atoms with E-state index in [2.05, 4.69) is 41.0 Å². The topological polar surface area (TPSA) is 19.4 Å². The van der Waals surface area contributed by atoms with Gasteiger partial charge in [-0.25, -0.2) is 0 Å². The number of thioether (sulfide) groups is 1. The van der Waals surface area contributed by atoms with E-state index in [0.29, 0.717) is 0 Å². The lowest BCUT2D eigenvalue weighted by molar-refractivity contribution is 0.271. The van der Waals surface area contributed by atoms with Crippen LogP contribution in [0.1, 0.15) is 18.2 Å². The first-order valence-corrected chi connectivity index (χ1v) is 8.98. The van der Waals surface area contributed by atoms with E-state index in [1.807, 2.05) is 11.8 Å². The number of benzene rings is 1. The number of nitrogens with zero attached hydrogens (tertiary/aromatic N) is 3. The first kappa shape index (κ1) is 13.4. The molecule has 3 heterocycles. The highest BCUT2D eigenvalue weighted by molar-refractivity contribution is 7.98. The van der Waals surface area contributed by atoms with Crippen molar-refractivity contribution in [3.8, 4) is 0 Å². The summed E-state index contributed by atoms with van der Waals surface area (Å²) in [4.78, 5) is 10.0. The number of fused-ring (bicyclic) bond motifs is 2. The van der Waals surface area contributed by atoms with Crippen molar-refractivity contribution in [2.75, 3.05) is 37.6 Å². The second kappa shape index (κ2) is 5.50. The first-order chi connectivity index (χ1) is 10.4. The number of likely N-dealkylation sites (N-methyl/N-ethyl adjacent to an activating group) is 1. The van der Waals surface area contributed by atoms with Crippen molar-refractivity contribution in [2.24, 2.45) is 0 Å². The van der Waals surface area contributed by atoms with E-state index >= 15 is 0 Å². The quantitative estimate of drug-likeness (QED) is 0.848. The van der Waals surface area contributed by atoms with Crippen molar-refractivity contribution in [3.63, 3.8) is 0 Å². The van der Waals surface area contributed by atoms with E-state index in [0.717, 1.165) is 30.1 Å². The van der Waals surface area contributed by atoms with Crippen LogP contribution >= 0.6 is 11.8 Å². The minimum Gasteiger partial charge on any atom is -0.368 e. The molecule has 110 valence electrons. The van der Waals surface area contributed by atoms with E-state index in [9.17, 15) is 0 Å². The van der Waals surface area contributed by atoms with Crippen molar-refractivity contribution in [2.45, 2.75) is 18.4 Å². The maximum atomic E-state index is 4.88. The van der Waals surface area contributed by atoms with Crippen LogP contribution < -0.4 is 4.90 Å². The van der Waals surface area contributed by atoms with Crippen LogP contribution in [0.4, 0.5) is 5.69 Å². The summed E-state index contributed by atoms with van der Waals surface area (Å²) in [6.45, 7) is 8.05. The molecule has 0 N–H and O–H groups in total. The summed E-state index contributed by atoms with van der Waals surface area (Å²) in [5.41, 5.74) is 5.43. The van der Waals surface area contributed by atoms with Gasteiger partial charge < -0.3 is 9.80 Å². The molecule has 0 bridgehead atoms. The largest absolute Gasteiger partial charge is 0.368 e. The van der Waals surface area contributed by atoms with Gasteiger partial charge in [0.05, 0.1) is 16.9 Å². The van der Waals surface area contributed by atoms with Crippen molar-refractivity contribution in [3.05, 3.63) is 35.5 Å². The van der Waals surface area contributed by atoms with Gasteiger partial charge in [0.2, 0.25) is 0 Å². The third kappa shape index (κ3) is 2.30. The van der Waals surface area contributed by atoms with Crippen LogP contribution in [-0.4, -0.2) is 42.6 Å². The third-order valence-corrected chi connectivity index (χ3v) is 5.64. The van der Waals surface area contributed by atoms with E-state index < -0.39 is 0 Å². The van der Waals surface area contributed by atoms with E-state index in [1.54, 1.807) is 0 Å². The molecule has 1 fully saturated rings. The summed E-state index contributed by atoms with van der Waals surface area (Å²) >= 11 is 2.00. The van der Waals surface area contributed by atoms with Crippen molar-refractivity contribution in [1.29, 1.82) is 0 Å². The lowest BCUT2D eigenvalue weighted by atomic mass is 10.1. The number of piperazine rings is 1. The van der Waals surface area contributed by atoms with Crippen molar-refractivity contribution < 1.29 is 0 Å². The van der Waals surface area contributed by atoms with Crippen LogP contribution in [0.15, 0.2) is 24.3 Å². The molecule has 21 heavy (non-hydrogen) atoms. The third-order valence-electron chi connectivity index (χ3n) is 4.67. The molecular weight excluding hydrogens is 278 g/mol. The maximum Gasteiger partial charge on any atom is 0.0726 e. The van der Waals surface area contributed by atoms with E-state index in [1.165, 1.54) is 42.0 Å². The van der Waals surface area contributed by atoms with Crippen LogP contribution in [0.5, 0.6) is 0 Å². The highest BCUT2D eigenvalue weighted by atomic mass is 32.2. The average molecular weight is 299 g/mol. The zero-order valence-corrected chi connectivity index (χ0v) is 13.3. The zero-order valence-electron chi connectivity index (χ0n) is 12.5. The molecular formula is C17H21N3S. The average Bonchev–Trinajstić information content (AvgIpc) is 3.00. The van der Waals surface area contributed by atoms with Crippen molar-refractivity contribution >= 4 is 28.4 Å². The standard InChI is InChI=1S/C17H21N3S/c1-2-19-7-9-20(10-8-19)17-13-5-3-4-6-15(13)18-16-12-21-11-14(16)17/h3-6H,2,7-12H2,1H3. The summed E-state index contributed by atoms with van der Waals surface area (Å²) in [5.74, 6) is 2.19. The highest BCUT2D eigenvalue weighted by Crippen LogP contribution is 2.40. The SMILES string of the molecule is CCN1CCN(c2c3c(nc4ccccc24)CSC3)CC1. The smallest absolute Gasteiger partial charge is 0.0726 e. The molecule has 1 saturated heterocycles. The molecule has 4 rings (SSSR count). The summed E-state index contributed by atoms with van der Waals surface area (Å²) in [6.07, 6.45) is 0. The molecule has 1 aromatic heterocycles. The molecule has 4 heteroatoms. The molecule has 0 radical (unpaired) electrons. The zero-order chi connectivity index (χ0) is 14.2. The van der Waals surface area contributed by atoms with Crippen LogP contribution in [0.25, 0.3) is 10.9 Å². The Morgan fingerprint density at radius 2 is 1.90 bits per heavy atom. The molecule has 0 unspecified atom stereocenters. The molecule has 2 aliphatic rings. The lowest BCUT2D eigenvalue weighted by Crippen LogP contribution is -2.46. The second-order valence-electron chi connectivity index (χ2n) is 5.82. The van der Waals surface area contributed by atoms with Gasteiger partial charge in [-0.3, -0.25) is 4.98 Å². The summed E-state index contributed by atoms with van der Waals surface area (Å²) in [6, 6.07) is 8.64. The number of aromatic nitrogens is 1. The fourth-order valence-electron chi connectivity index (χ4n) is 3.45.